The zero-order valence-electron chi connectivity index (χ0n) is 49.9. The van der Waals surface area contributed by atoms with Crippen LogP contribution in [0, 0.1) is 54.6 Å². The Morgan fingerprint density at radius 1 is 0.204 bits per heavy atom. The fraction of sp³-hybridized carbons (Fsp3) is 0.0241. The topological polar surface area (TPSA) is 38.7 Å². The van der Waals surface area contributed by atoms with Crippen molar-refractivity contribution in [2.75, 3.05) is 0 Å². The quantitative estimate of drug-likeness (QED) is 0.0957. The standard InChI is InChI=1S/C83H50F7N3/c1-47-32-82(69-30-24-59(87)41-79(69)89)92-44-76(47)66-27-21-56(84)38-71(66)53-34-54(72-39-57(85)22-28-67(72)77-45-93-83(33-48(77)2)70-31-25-60(88)42-80(70)90)36-55(35-53)73-40-58(86)23-29-68(73)78-46-91-81(51-10-4-3-5-11-51)43-74(78)50-18-16-49(17-19-50)52-20-26-65-63-14-7-6-12-61(63)62-13-8-9-15-64(62)75(65)37-52/h3-46H,1-2H3. The molecule has 15 aromatic rings. The van der Waals surface area contributed by atoms with Crippen molar-refractivity contribution in [1.82, 2.24) is 15.0 Å². The maximum atomic E-state index is 16.5. The third kappa shape index (κ3) is 10.8. The Morgan fingerprint density at radius 3 is 1.01 bits per heavy atom. The molecule has 0 N–H and O–H groups in total. The van der Waals surface area contributed by atoms with Gasteiger partial charge in [-0.25, -0.2) is 30.7 Å². The SMILES string of the molecule is Cc1cc(-c2ccc(F)cc2F)ncc1-c1ccc(F)cc1-c1cc(-c2cc(F)ccc2-c2cnc(-c3ccc(F)cc3F)cc2C)cc(-c2cc(F)ccc2-c2cnc(-c3ccccc3)cc2-c2ccc(-c3ccc4c5ccccc5c5ccccc5c4c3)cc2)c1. The number of halogens is 7. The lowest BCUT2D eigenvalue weighted by Crippen LogP contribution is -1.97. The highest BCUT2D eigenvalue weighted by Crippen LogP contribution is 2.47. The fourth-order valence-electron chi connectivity index (χ4n) is 13.0. The van der Waals surface area contributed by atoms with E-state index in [0.717, 1.165) is 57.5 Å². The first-order chi connectivity index (χ1) is 45.3. The van der Waals surface area contributed by atoms with E-state index in [9.17, 15) is 8.78 Å². The predicted octanol–water partition coefficient (Wildman–Crippen LogP) is 23.3. The molecule has 3 heterocycles. The molecule has 0 spiro atoms. The number of aromatic nitrogens is 3. The summed E-state index contributed by atoms with van der Waals surface area (Å²) in [5.74, 6) is -4.73. The molecule has 0 fully saturated rings. The van der Waals surface area contributed by atoms with Gasteiger partial charge in [-0.15, -0.1) is 0 Å². The van der Waals surface area contributed by atoms with Crippen molar-refractivity contribution in [3.8, 4) is 123 Å². The first kappa shape index (κ1) is 57.8. The summed E-state index contributed by atoms with van der Waals surface area (Å²) in [4.78, 5) is 14.3. The minimum absolute atomic E-state index is 0.0937. The van der Waals surface area contributed by atoms with Gasteiger partial charge in [0.2, 0.25) is 0 Å². The van der Waals surface area contributed by atoms with Gasteiger partial charge in [-0.1, -0.05) is 133 Å². The van der Waals surface area contributed by atoms with Crippen molar-refractivity contribution in [2.24, 2.45) is 0 Å². The van der Waals surface area contributed by atoms with Crippen LogP contribution in [0.2, 0.25) is 0 Å². The van der Waals surface area contributed by atoms with E-state index in [1.54, 1.807) is 48.9 Å². The third-order valence-electron chi connectivity index (χ3n) is 17.6. The van der Waals surface area contributed by atoms with Gasteiger partial charge in [-0.2, -0.15) is 0 Å². The Kier molecular flexibility index (Phi) is 14.7. The molecule has 0 atom stereocenters. The first-order valence-corrected chi connectivity index (χ1v) is 30.2. The number of fused-ring (bicyclic) bond motifs is 6. The van der Waals surface area contributed by atoms with Crippen molar-refractivity contribution in [2.45, 2.75) is 13.8 Å². The smallest absolute Gasteiger partial charge is 0.135 e. The summed E-state index contributed by atoms with van der Waals surface area (Å²) in [5.41, 5.74) is 13.4. The molecule has 3 nitrogen and oxygen atoms in total. The van der Waals surface area contributed by atoms with E-state index in [1.165, 1.54) is 75.5 Å². The van der Waals surface area contributed by atoms with Crippen LogP contribution in [0.3, 0.4) is 0 Å². The van der Waals surface area contributed by atoms with Crippen LogP contribution in [0.5, 0.6) is 0 Å². The molecule has 0 aliphatic carbocycles. The molecule has 0 radical (unpaired) electrons. The van der Waals surface area contributed by atoms with Gasteiger partial charge < -0.3 is 0 Å². The highest BCUT2D eigenvalue weighted by Gasteiger charge is 2.23. The number of pyridine rings is 3. The van der Waals surface area contributed by atoms with E-state index in [4.69, 9.17) is 4.98 Å². The number of aryl methyl sites for hydroxylation is 2. The van der Waals surface area contributed by atoms with Crippen molar-refractivity contribution in [1.29, 1.82) is 0 Å². The van der Waals surface area contributed by atoms with Gasteiger partial charge >= 0.3 is 0 Å². The highest BCUT2D eigenvalue weighted by atomic mass is 19.2. The third-order valence-corrected chi connectivity index (χ3v) is 17.6. The Labute approximate surface area is 531 Å². The maximum Gasteiger partial charge on any atom is 0.135 e. The van der Waals surface area contributed by atoms with Gasteiger partial charge in [0.1, 0.15) is 40.7 Å². The Bertz CT molecular complexity index is 5310. The molecule has 0 aliphatic rings. The van der Waals surface area contributed by atoms with Crippen LogP contribution in [0.15, 0.2) is 267 Å². The van der Waals surface area contributed by atoms with Gasteiger partial charge in [0.15, 0.2) is 0 Å². The molecule has 0 bridgehead atoms. The van der Waals surface area contributed by atoms with Gasteiger partial charge in [0, 0.05) is 64.1 Å². The fourth-order valence-corrected chi connectivity index (χ4v) is 13.0. The molecule has 0 saturated heterocycles. The lowest BCUT2D eigenvalue weighted by atomic mass is 9.84. The number of hydrogen-bond donors (Lipinski definition) is 0. The number of hydrogen-bond acceptors (Lipinski definition) is 3. The Hall–Kier alpha value is -11.6. The van der Waals surface area contributed by atoms with Crippen LogP contribution in [-0.2, 0) is 0 Å². The van der Waals surface area contributed by atoms with Crippen molar-refractivity contribution in [3.05, 3.63) is 319 Å². The molecular formula is C83H50F7N3. The summed E-state index contributed by atoms with van der Waals surface area (Å²) in [6.07, 6.45) is 4.93. The van der Waals surface area contributed by atoms with Gasteiger partial charge in [-0.3, -0.25) is 15.0 Å². The summed E-state index contributed by atoms with van der Waals surface area (Å²) >= 11 is 0. The largest absolute Gasteiger partial charge is 0.256 e. The van der Waals surface area contributed by atoms with Crippen LogP contribution in [-0.4, -0.2) is 15.0 Å². The Morgan fingerprint density at radius 2 is 0.559 bits per heavy atom. The van der Waals surface area contributed by atoms with E-state index in [0.29, 0.717) is 83.6 Å². The highest BCUT2D eigenvalue weighted by molar-refractivity contribution is 6.25. The summed E-state index contributed by atoms with van der Waals surface area (Å²) in [6.45, 7) is 3.63. The van der Waals surface area contributed by atoms with Gasteiger partial charge in [0.05, 0.1) is 17.1 Å². The molecular weight excluding hydrogens is 1170 g/mol. The minimum atomic E-state index is -0.786. The second-order valence-electron chi connectivity index (χ2n) is 23.3. The molecule has 10 heteroatoms. The predicted molar refractivity (Wildman–Crippen MR) is 361 cm³/mol. The molecule has 0 saturated carbocycles. The number of rotatable bonds is 11. The first-order valence-electron chi connectivity index (χ1n) is 30.2. The van der Waals surface area contributed by atoms with Crippen LogP contribution >= 0.6 is 0 Å². The maximum absolute atomic E-state index is 16.5. The summed E-state index contributed by atoms with van der Waals surface area (Å²) in [6, 6.07) is 72.6. The molecule has 0 unspecified atom stereocenters. The average Bonchev–Trinajstić information content (AvgIpc) is 0.857. The molecule has 15 rings (SSSR count). The molecule has 0 amide bonds. The normalized spacial score (nSPS) is 11.5. The van der Waals surface area contributed by atoms with Crippen LogP contribution in [0.25, 0.3) is 155 Å². The lowest BCUT2D eigenvalue weighted by Gasteiger charge is -2.20. The van der Waals surface area contributed by atoms with Gasteiger partial charge in [-0.05, 0) is 233 Å². The molecule has 446 valence electrons. The zero-order chi connectivity index (χ0) is 63.6. The van der Waals surface area contributed by atoms with Crippen LogP contribution in [0.4, 0.5) is 30.7 Å². The Balaban J connectivity index is 0.915. The van der Waals surface area contributed by atoms with Crippen molar-refractivity contribution >= 4 is 32.3 Å². The molecule has 12 aromatic carbocycles. The zero-order valence-corrected chi connectivity index (χ0v) is 49.9. The molecule has 3 aromatic heterocycles. The second-order valence-corrected chi connectivity index (χ2v) is 23.3. The van der Waals surface area contributed by atoms with Crippen molar-refractivity contribution in [3.63, 3.8) is 0 Å². The molecule has 93 heavy (non-hydrogen) atoms. The average molecular weight is 1220 g/mol. The summed E-state index contributed by atoms with van der Waals surface area (Å²) in [5, 5.41) is 7.06. The monoisotopic (exact) mass is 1220 g/mol. The minimum Gasteiger partial charge on any atom is -0.256 e. The van der Waals surface area contributed by atoms with Crippen LogP contribution in [0.1, 0.15) is 11.1 Å². The van der Waals surface area contributed by atoms with E-state index in [1.807, 2.05) is 68.4 Å². The van der Waals surface area contributed by atoms with E-state index >= 15 is 22.0 Å². The number of benzene rings is 12. The summed E-state index contributed by atoms with van der Waals surface area (Å²) in [7, 11) is 0. The van der Waals surface area contributed by atoms with E-state index < -0.39 is 40.7 Å². The van der Waals surface area contributed by atoms with E-state index in [-0.39, 0.29) is 22.5 Å². The van der Waals surface area contributed by atoms with Gasteiger partial charge in [0.25, 0.3) is 0 Å². The summed E-state index contributed by atoms with van der Waals surface area (Å²) < 4.78 is 107. The lowest BCUT2D eigenvalue weighted by molar-refractivity contribution is 0.584. The second kappa shape index (κ2) is 23.6. The van der Waals surface area contributed by atoms with Crippen molar-refractivity contribution < 1.29 is 30.7 Å². The van der Waals surface area contributed by atoms with Crippen LogP contribution < -0.4 is 0 Å². The van der Waals surface area contributed by atoms with E-state index in [2.05, 4.69) is 101 Å². The molecule has 0 aliphatic heterocycles. The number of nitrogens with zero attached hydrogens (tertiary/aromatic N) is 3.